The van der Waals surface area contributed by atoms with Gasteiger partial charge in [0, 0.05) is 0 Å². The monoisotopic (exact) mass is 391 g/mol. The lowest BCUT2D eigenvalue weighted by Gasteiger charge is -2.16. The second kappa shape index (κ2) is 9.10. The Kier molecular flexibility index (Phi) is 7.12. The molecule has 1 N–H and O–H groups in total. The lowest BCUT2D eigenvalue weighted by atomic mass is 10.5. The van der Waals surface area contributed by atoms with Crippen molar-refractivity contribution in [2.24, 2.45) is 0 Å². The van der Waals surface area contributed by atoms with Crippen LogP contribution in [0.25, 0.3) is 11.2 Å². The van der Waals surface area contributed by atoms with Gasteiger partial charge in [-0.15, -0.1) is 0 Å². The van der Waals surface area contributed by atoms with Gasteiger partial charge in [-0.05, 0) is 20.3 Å². The highest BCUT2D eigenvalue weighted by atomic mass is 35.5. The van der Waals surface area contributed by atoms with Gasteiger partial charge in [-0.3, -0.25) is 14.7 Å². The van der Waals surface area contributed by atoms with Crippen LogP contribution in [-0.4, -0.2) is 52.1 Å². The van der Waals surface area contributed by atoms with E-state index in [2.05, 4.69) is 20.3 Å². The van der Waals surface area contributed by atoms with Crippen molar-refractivity contribution in [3.8, 4) is 0 Å². The molecule has 0 bridgehead atoms. The minimum absolute atomic E-state index is 0.0371. The van der Waals surface area contributed by atoms with E-state index in [1.54, 1.807) is 13.8 Å². The summed E-state index contributed by atoms with van der Waals surface area (Å²) in [6, 6.07) is 0. The van der Waals surface area contributed by atoms with Crippen LogP contribution in [0, 0.1) is 0 Å². The topological polar surface area (TPSA) is 117 Å². The number of nitrogens with zero attached hydrogens (tertiary/aromatic N) is 4. The molecule has 2 aromatic rings. The van der Waals surface area contributed by atoms with E-state index in [4.69, 9.17) is 25.5 Å². The molecule has 1 amide bonds. The van der Waals surface area contributed by atoms with Crippen molar-refractivity contribution in [3.63, 3.8) is 0 Å². The number of nitrogens with one attached hydrogen (secondary N) is 1. The molecule has 10 nitrogen and oxygen atoms in total. The molecular formula is C13H19ClN5O5P. The van der Waals surface area contributed by atoms with E-state index < -0.39 is 7.60 Å². The summed E-state index contributed by atoms with van der Waals surface area (Å²) in [7, 11) is -3.10. The highest BCUT2D eigenvalue weighted by Crippen LogP contribution is 2.48. The standard InChI is InChI=1S/C13H19ClN5O5P/c1-3-23-25(21,24-4-2)7-5-6-22-19-8-15-10-11(14)17-13(16-9-20)18-12(10)19/h8-9H,3-7H2,1-2H3,(H,16,17,18,20). The summed E-state index contributed by atoms with van der Waals surface area (Å²) < 4.78 is 24.1. The molecule has 0 atom stereocenters. The number of hydrogen-bond acceptors (Lipinski definition) is 8. The summed E-state index contributed by atoms with van der Waals surface area (Å²) in [5, 5.41) is 2.41. The molecule has 0 radical (unpaired) electrons. The summed E-state index contributed by atoms with van der Waals surface area (Å²) in [6.45, 7) is 4.37. The molecule has 0 aromatic carbocycles. The van der Waals surface area contributed by atoms with Crippen LogP contribution in [0.5, 0.6) is 0 Å². The predicted octanol–water partition coefficient (Wildman–Crippen LogP) is 2.13. The van der Waals surface area contributed by atoms with Gasteiger partial charge in [0.15, 0.2) is 5.15 Å². The predicted molar refractivity (Wildman–Crippen MR) is 91.8 cm³/mol. The number of halogens is 1. The van der Waals surface area contributed by atoms with Crippen LogP contribution < -0.4 is 10.2 Å². The van der Waals surface area contributed by atoms with Gasteiger partial charge in [0.05, 0.1) is 19.4 Å². The van der Waals surface area contributed by atoms with Crippen LogP contribution in [-0.2, 0) is 18.4 Å². The fourth-order valence-corrected chi connectivity index (χ4v) is 3.89. The van der Waals surface area contributed by atoms with Crippen LogP contribution in [0.4, 0.5) is 5.95 Å². The van der Waals surface area contributed by atoms with Crippen molar-refractivity contribution in [3.05, 3.63) is 11.5 Å². The number of hydrogen-bond donors (Lipinski definition) is 1. The summed E-state index contributed by atoms with van der Waals surface area (Å²) in [6.07, 6.45) is 2.50. The van der Waals surface area contributed by atoms with Crippen molar-refractivity contribution >= 4 is 42.7 Å². The number of carbonyl (C=O) groups is 1. The smallest absolute Gasteiger partial charge is 0.330 e. The van der Waals surface area contributed by atoms with Gasteiger partial charge >= 0.3 is 7.60 Å². The SMILES string of the molecule is CCOP(=O)(CCCOn1cnc2c(Cl)nc(NC=O)nc21)OCC. The molecule has 0 spiro atoms. The van der Waals surface area contributed by atoms with E-state index in [1.165, 1.54) is 11.1 Å². The zero-order valence-corrected chi connectivity index (χ0v) is 15.5. The molecule has 0 fully saturated rings. The van der Waals surface area contributed by atoms with E-state index >= 15 is 0 Å². The molecule has 25 heavy (non-hydrogen) atoms. The number of rotatable bonds is 11. The number of aromatic nitrogens is 4. The van der Waals surface area contributed by atoms with Gasteiger partial charge in [0.25, 0.3) is 0 Å². The third-order valence-electron chi connectivity index (χ3n) is 2.97. The molecule has 0 aliphatic heterocycles. The molecule has 0 saturated heterocycles. The summed E-state index contributed by atoms with van der Waals surface area (Å²) >= 11 is 5.99. The Balaban J connectivity index is 2.01. The van der Waals surface area contributed by atoms with Gasteiger partial charge < -0.3 is 13.9 Å². The Morgan fingerprint density at radius 2 is 2.04 bits per heavy atom. The fourth-order valence-electron chi connectivity index (χ4n) is 2.04. The van der Waals surface area contributed by atoms with Crippen LogP contribution in [0.2, 0.25) is 5.15 Å². The van der Waals surface area contributed by atoms with Crippen molar-refractivity contribution in [2.75, 3.05) is 31.3 Å². The largest absolute Gasteiger partial charge is 0.411 e. The Hall–Kier alpha value is -1.74. The molecule has 2 heterocycles. The molecule has 0 aliphatic rings. The molecule has 0 unspecified atom stereocenters. The number of amides is 1. The third kappa shape index (κ3) is 5.12. The number of anilines is 1. The average molecular weight is 392 g/mol. The minimum Gasteiger partial charge on any atom is -0.411 e. The molecule has 2 rings (SSSR count). The van der Waals surface area contributed by atoms with E-state index in [1.807, 2.05) is 0 Å². The molecular weight excluding hydrogens is 373 g/mol. The van der Waals surface area contributed by atoms with Crippen molar-refractivity contribution in [1.82, 2.24) is 19.7 Å². The number of imidazole rings is 1. The Morgan fingerprint density at radius 1 is 1.32 bits per heavy atom. The third-order valence-corrected chi connectivity index (χ3v) is 5.40. The maximum absolute atomic E-state index is 12.3. The van der Waals surface area contributed by atoms with Crippen LogP contribution in [0.1, 0.15) is 20.3 Å². The summed E-state index contributed by atoms with van der Waals surface area (Å²) in [5.41, 5.74) is 0.648. The second-order valence-corrected chi connectivity index (χ2v) is 7.24. The molecule has 2 aromatic heterocycles. The first-order valence-electron chi connectivity index (χ1n) is 7.65. The van der Waals surface area contributed by atoms with Crippen LogP contribution >= 0.6 is 19.2 Å². The van der Waals surface area contributed by atoms with Gasteiger partial charge in [0.2, 0.25) is 18.0 Å². The first kappa shape index (κ1) is 19.6. The maximum Gasteiger partial charge on any atom is 0.330 e. The lowest BCUT2D eigenvalue weighted by Crippen LogP contribution is -2.14. The lowest BCUT2D eigenvalue weighted by molar-refractivity contribution is -0.105. The Bertz CT molecular complexity index is 761. The van der Waals surface area contributed by atoms with Gasteiger partial charge in [-0.1, -0.05) is 11.6 Å². The highest BCUT2D eigenvalue weighted by Gasteiger charge is 2.23. The van der Waals surface area contributed by atoms with Crippen molar-refractivity contribution < 1.29 is 23.2 Å². The van der Waals surface area contributed by atoms with E-state index in [0.29, 0.717) is 37.2 Å². The first-order valence-corrected chi connectivity index (χ1v) is 9.75. The zero-order chi connectivity index (χ0) is 18.3. The van der Waals surface area contributed by atoms with Gasteiger partial charge in [-0.2, -0.15) is 14.7 Å². The molecule has 138 valence electrons. The van der Waals surface area contributed by atoms with Crippen LogP contribution in [0.3, 0.4) is 0 Å². The normalized spacial score (nSPS) is 11.6. The summed E-state index contributed by atoms with van der Waals surface area (Å²) in [4.78, 5) is 28.1. The fraction of sp³-hybridized carbons (Fsp3) is 0.538. The zero-order valence-electron chi connectivity index (χ0n) is 13.8. The second-order valence-electron chi connectivity index (χ2n) is 4.70. The summed E-state index contributed by atoms with van der Waals surface area (Å²) in [5.74, 6) is 0.0371. The van der Waals surface area contributed by atoms with Crippen LogP contribution in [0.15, 0.2) is 6.33 Å². The first-order chi connectivity index (χ1) is 12.0. The number of fused-ring (bicyclic) bond motifs is 1. The average Bonchev–Trinajstić information content (AvgIpc) is 2.96. The van der Waals surface area contributed by atoms with E-state index in [0.717, 1.165) is 0 Å². The molecule has 0 aliphatic carbocycles. The van der Waals surface area contributed by atoms with Crippen molar-refractivity contribution in [2.45, 2.75) is 20.3 Å². The maximum atomic E-state index is 12.3. The Labute approximate surface area is 149 Å². The Morgan fingerprint density at radius 3 is 2.68 bits per heavy atom. The highest BCUT2D eigenvalue weighted by molar-refractivity contribution is 7.53. The number of carbonyl (C=O) groups excluding carboxylic acids is 1. The van der Waals surface area contributed by atoms with E-state index in [9.17, 15) is 9.36 Å². The van der Waals surface area contributed by atoms with Gasteiger partial charge in [0.1, 0.15) is 18.5 Å². The molecule has 12 heteroatoms. The quantitative estimate of drug-likeness (QED) is 0.268. The molecule has 0 saturated carbocycles. The van der Waals surface area contributed by atoms with Crippen molar-refractivity contribution in [1.29, 1.82) is 0 Å². The van der Waals surface area contributed by atoms with E-state index in [-0.39, 0.29) is 23.9 Å². The minimum atomic E-state index is -3.10. The van der Waals surface area contributed by atoms with Gasteiger partial charge in [-0.25, -0.2) is 4.98 Å².